The highest BCUT2D eigenvalue weighted by atomic mass is 35.5. The number of aliphatic hydroxyl groups is 1. The molecule has 110 valence electrons. The van der Waals surface area contributed by atoms with E-state index in [0.717, 1.165) is 0 Å². The van der Waals surface area contributed by atoms with Crippen molar-refractivity contribution in [3.8, 4) is 0 Å². The molecule has 0 aliphatic carbocycles. The third-order valence-electron chi connectivity index (χ3n) is 2.63. The van der Waals surface area contributed by atoms with Crippen LogP contribution in [-0.4, -0.2) is 26.9 Å². The lowest BCUT2D eigenvalue weighted by Crippen LogP contribution is -2.48. The van der Waals surface area contributed by atoms with Gasteiger partial charge in [-0.1, -0.05) is 23.2 Å². The van der Waals surface area contributed by atoms with E-state index in [4.69, 9.17) is 33.7 Å². The van der Waals surface area contributed by atoms with E-state index in [9.17, 15) is 20.0 Å². The Morgan fingerprint density at radius 2 is 1.95 bits per heavy atom. The SMILES string of the molecule is CC(OC(=O)C(Cl)Cl)C(N)(O)c1ccc([N+](=O)[O-])cc1. The van der Waals surface area contributed by atoms with E-state index >= 15 is 0 Å². The Kier molecular flexibility index (Phi) is 5.29. The molecule has 2 unspecified atom stereocenters. The van der Waals surface area contributed by atoms with Crippen LogP contribution in [0.5, 0.6) is 0 Å². The number of hydrogen-bond donors (Lipinski definition) is 2. The van der Waals surface area contributed by atoms with Crippen molar-refractivity contribution in [2.75, 3.05) is 0 Å². The fourth-order valence-corrected chi connectivity index (χ4v) is 1.50. The molecule has 0 aromatic heterocycles. The first-order chi connectivity index (χ1) is 9.16. The van der Waals surface area contributed by atoms with Crippen molar-refractivity contribution in [2.24, 2.45) is 5.73 Å². The van der Waals surface area contributed by atoms with Gasteiger partial charge in [-0.25, -0.2) is 4.79 Å². The highest BCUT2D eigenvalue weighted by Gasteiger charge is 2.35. The maximum Gasteiger partial charge on any atom is 0.339 e. The standard InChI is InChI=1S/C11H12Cl2N2O5/c1-6(20-10(16)9(12)13)11(14,17)7-2-4-8(5-3-7)15(18)19/h2-6,9,17H,14H2,1H3. The smallest absolute Gasteiger partial charge is 0.339 e. The number of non-ortho nitro benzene ring substituents is 1. The number of nitrogens with zero attached hydrogens (tertiary/aromatic N) is 1. The van der Waals surface area contributed by atoms with Crippen molar-refractivity contribution in [1.29, 1.82) is 0 Å². The molecule has 1 aromatic carbocycles. The fraction of sp³-hybridized carbons (Fsp3) is 0.364. The minimum absolute atomic E-state index is 0.143. The Balaban J connectivity index is 2.91. The van der Waals surface area contributed by atoms with Gasteiger partial charge in [-0.05, 0) is 19.1 Å². The molecule has 0 saturated heterocycles. The van der Waals surface area contributed by atoms with Gasteiger partial charge in [-0.3, -0.25) is 15.8 Å². The number of carbonyl (C=O) groups is 1. The van der Waals surface area contributed by atoms with Gasteiger partial charge in [0, 0.05) is 17.7 Å². The molecule has 3 N–H and O–H groups in total. The van der Waals surface area contributed by atoms with E-state index in [1.807, 2.05) is 0 Å². The minimum Gasteiger partial charge on any atom is -0.456 e. The second-order valence-electron chi connectivity index (χ2n) is 4.01. The molecule has 0 aliphatic rings. The van der Waals surface area contributed by atoms with Gasteiger partial charge in [0.15, 0.2) is 5.72 Å². The summed E-state index contributed by atoms with van der Waals surface area (Å²) in [6, 6.07) is 4.88. The van der Waals surface area contributed by atoms with Crippen LogP contribution in [0.25, 0.3) is 0 Å². The van der Waals surface area contributed by atoms with Gasteiger partial charge in [0.1, 0.15) is 6.10 Å². The summed E-state index contributed by atoms with van der Waals surface area (Å²) in [6.07, 6.45) is -1.16. The molecule has 0 radical (unpaired) electrons. The van der Waals surface area contributed by atoms with Crippen molar-refractivity contribution in [3.63, 3.8) is 0 Å². The van der Waals surface area contributed by atoms with Crippen molar-refractivity contribution >= 4 is 34.9 Å². The number of benzene rings is 1. The van der Waals surface area contributed by atoms with Gasteiger partial charge in [-0.2, -0.15) is 0 Å². The zero-order chi connectivity index (χ0) is 15.5. The Morgan fingerprint density at radius 1 is 1.45 bits per heavy atom. The number of ether oxygens (including phenoxy) is 1. The van der Waals surface area contributed by atoms with Crippen molar-refractivity contribution in [2.45, 2.75) is 23.6 Å². The molecule has 0 saturated carbocycles. The molecule has 1 rings (SSSR count). The number of carbonyl (C=O) groups excluding carboxylic acids is 1. The van der Waals surface area contributed by atoms with Crippen LogP contribution in [0.15, 0.2) is 24.3 Å². The van der Waals surface area contributed by atoms with Crippen molar-refractivity contribution < 1.29 is 19.6 Å². The zero-order valence-corrected chi connectivity index (χ0v) is 11.8. The number of hydrogen-bond acceptors (Lipinski definition) is 6. The highest BCUT2D eigenvalue weighted by molar-refractivity contribution is 6.52. The molecule has 7 nitrogen and oxygen atoms in total. The predicted molar refractivity (Wildman–Crippen MR) is 72.2 cm³/mol. The molecule has 0 amide bonds. The molecular formula is C11H12Cl2N2O5. The fourth-order valence-electron chi connectivity index (χ4n) is 1.40. The average molecular weight is 323 g/mol. The third-order valence-corrected chi connectivity index (χ3v) is 2.99. The molecule has 2 atom stereocenters. The molecule has 0 heterocycles. The summed E-state index contributed by atoms with van der Waals surface area (Å²) in [4.78, 5) is 19.8. The van der Waals surface area contributed by atoms with Gasteiger partial charge >= 0.3 is 5.97 Å². The highest BCUT2D eigenvalue weighted by Crippen LogP contribution is 2.24. The minimum atomic E-state index is -2.03. The van der Waals surface area contributed by atoms with Crippen LogP contribution in [0, 0.1) is 10.1 Å². The van der Waals surface area contributed by atoms with Gasteiger partial charge in [-0.15, -0.1) is 0 Å². The van der Waals surface area contributed by atoms with Crippen LogP contribution in [0.1, 0.15) is 12.5 Å². The zero-order valence-electron chi connectivity index (χ0n) is 10.3. The maximum absolute atomic E-state index is 11.2. The number of alkyl halides is 2. The number of nitro benzene ring substituents is 1. The Bertz CT molecular complexity index is 504. The summed E-state index contributed by atoms with van der Waals surface area (Å²) in [5, 5.41) is 20.7. The lowest BCUT2D eigenvalue weighted by atomic mass is 9.98. The monoisotopic (exact) mass is 322 g/mol. The Labute approximate surface area is 124 Å². The van der Waals surface area contributed by atoms with Crippen LogP contribution in [0.2, 0.25) is 0 Å². The maximum atomic E-state index is 11.2. The van der Waals surface area contributed by atoms with Gasteiger partial charge < -0.3 is 9.84 Å². The first-order valence-corrected chi connectivity index (χ1v) is 6.28. The molecule has 9 heteroatoms. The van der Waals surface area contributed by atoms with Crippen molar-refractivity contribution in [1.82, 2.24) is 0 Å². The molecule has 20 heavy (non-hydrogen) atoms. The second kappa shape index (κ2) is 6.36. The predicted octanol–water partition coefficient (Wildman–Crippen LogP) is 1.43. The van der Waals surface area contributed by atoms with Crippen molar-refractivity contribution in [3.05, 3.63) is 39.9 Å². The number of halogens is 2. The molecular weight excluding hydrogens is 311 g/mol. The van der Waals surface area contributed by atoms with E-state index in [-0.39, 0.29) is 11.3 Å². The normalized spacial score (nSPS) is 15.5. The van der Waals surface area contributed by atoms with Gasteiger partial charge in [0.05, 0.1) is 4.92 Å². The summed E-state index contributed by atoms with van der Waals surface area (Å²) < 4.78 is 4.80. The molecule has 0 spiro atoms. The molecule has 0 fully saturated rings. The van der Waals surface area contributed by atoms with Gasteiger partial charge in [0.2, 0.25) is 4.84 Å². The summed E-state index contributed by atoms with van der Waals surface area (Å²) >= 11 is 10.6. The van der Waals surface area contributed by atoms with Crippen LogP contribution in [0.3, 0.4) is 0 Å². The molecule has 1 aromatic rings. The van der Waals surface area contributed by atoms with Crippen LogP contribution >= 0.6 is 23.2 Å². The number of rotatable bonds is 5. The topological polar surface area (TPSA) is 116 Å². The van der Waals surface area contributed by atoms with E-state index in [1.165, 1.54) is 31.2 Å². The molecule has 0 bridgehead atoms. The van der Waals surface area contributed by atoms with E-state index in [2.05, 4.69) is 0 Å². The Hall–Kier alpha value is -1.41. The summed E-state index contributed by atoms with van der Waals surface area (Å²) in [6.45, 7) is 1.34. The number of nitro groups is 1. The van der Waals surface area contributed by atoms with E-state index < -0.39 is 27.6 Å². The summed E-state index contributed by atoms with van der Waals surface area (Å²) in [7, 11) is 0. The van der Waals surface area contributed by atoms with E-state index in [1.54, 1.807) is 0 Å². The second-order valence-corrected chi connectivity index (χ2v) is 5.11. The van der Waals surface area contributed by atoms with E-state index in [0.29, 0.717) is 0 Å². The quantitative estimate of drug-likeness (QED) is 0.278. The average Bonchev–Trinajstić information content (AvgIpc) is 2.38. The summed E-state index contributed by atoms with van der Waals surface area (Å²) in [5.74, 6) is -0.952. The largest absolute Gasteiger partial charge is 0.456 e. The first kappa shape index (κ1) is 16.6. The van der Waals surface area contributed by atoms with Crippen LogP contribution in [0.4, 0.5) is 5.69 Å². The van der Waals surface area contributed by atoms with Gasteiger partial charge in [0.25, 0.3) is 5.69 Å². The number of esters is 1. The third kappa shape index (κ3) is 3.80. The first-order valence-electron chi connectivity index (χ1n) is 5.41. The molecule has 0 aliphatic heterocycles. The van der Waals surface area contributed by atoms with Crippen LogP contribution < -0.4 is 5.73 Å². The number of nitrogens with two attached hydrogens (primary N) is 1. The summed E-state index contributed by atoms with van der Waals surface area (Å²) in [5.41, 5.74) is 3.63. The lowest BCUT2D eigenvalue weighted by Gasteiger charge is -2.30. The lowest BCUT2D eigenvalue weighted by molar-refractivity contribution is -0.384. The van der Waals surface area contributed by atoms with Crippen LogP contribution in [-0.2, 0) is 15.3 Å². The Morgan fingerprint density at radius 3 is 2.35 bits per heavy atom.